The van der Waals surface area contributed by atoms with Crippen LogP contribution in [0.15, 0.2) is 84.9 Å². The van der Waals surface area contributed by atoms with E-state index in [0.29, 0.717) is 11.3 Å². The van der Waals surface area contributed by atoms with Crippen LogP contribution in [-0.4, -0.2) is 23.0 Å². The number of Topliss-reactive ketones (excluding diaryl/α,β-unsaturated/α-hetero) is 2. The van der Waals surface area contributed by atoms with Gasteiger partial charge in [-0.3, -0.25) is 19.3 Å². The number of fused-ring (bicyclic) bond motifs is 1. The molecule has 1 spiro atoms. The van der Waals surface area contributed by atoms with Crippen molar-refractivity contribution >= 4 is 23.2 Å². The average molecular weight is 395 g/mol. The van der Waals surface area contributed by atoms with Crippen molar-refractivity contribution in [1.29, 1.82) is 0 Å². The highest BCUT2D eigenvalue weighted by Crippen LogP contribution is 2.58. The Morgan fingerprint density at radius 2 is 1.40 bits per heavy atom. The quantitative estimate of drug-likeness (QED) is 0.600. The minimum absolute atomic E-state index is 0.193. The molecule has 1 saturated carbocycles. The molecule has 3 aromatic rings. The van der Waals surface area contributed by atoms with E-state index in [0.717, 1.165) is 11.1 Å². The van der Waals surface area contributed by atoms with E-state index in [9.17, 15) is 14.4 Å². The fraction of sp³-hybridized carbons (Fsp3) is 0.192. The van der Waals surface area contributed by atoms with Crippen LogP contribution in [0.1, 0.15) is 46.7 Å². The van der Waals surface area contributed by atoms with Gasteiger partial charge < -0.3 is 0 Å². The molecular formula is C26H21NO3. The van der Waals surface area contributed by atoms with Gasteiger partial charge in [-0.1, -0.05) is 72.8 Å². The fourth-order valence-electron chi connectivity index (χ4n) is 5.39. The van der Waals surface area contributed by atoms with Gasteiger partial charge in [0.2, 0.25) is 5.91 Å². The van der Waals surface area contributed by atoms with Gasteiger partial charge in [-0.05, 0) is 23.3 Å². The van der Waals surface area contributed by atoms with E-state index in [2.05, 4.69) is 0 Å². The molecule has 0 unspecified atom stereocenters. The van der Waals surface area contributed by atoms with Crippen molar-refractivity contribution in [3.63, 3.8) is 0 Å². The maximum Gasteiger partial charge on any atom is 0.225 e. The number of carbonyl (C=O) groups excluding carboxylic acids is 3. The normalized spacial score (nSPS) is 25.0. The Balaban J connectivity index is 1.80. The van der Waals surface area contributed by atoms with Crippen molar-refractivity contribution in [2.24, 2.45) is 0 Å². The Morgan fingerprint density at radius 3 is 2.03 bits per heavy atom. The van der Waals surface area contributed by atoms with Gasteiger partial charge in [-0.25, -0.2) is 0 Å². The molecule has 5 rings (SSSR count). The van der Waals surface area contributed by atoms with Crippen LogP contribution in [0.4, 0.5) is 5.69 Å². The molecule has 1 fully saturated rings. The Hall–Kier alpha value is -3.53. The predicted octanol–water partition coefficient (Wildman–Crippen LogP) is 4.52. The van der Waals surface area contributed by atoms with Crippen molar-refractivity contribution < 1.29 is 14.4 Å². The lowest BCUT2D eigenvalue weighted by atomic mass is 9.73. The van der Waals surface area contributed by atoms with Crippen LogP contribution in [0.3, 0.4) is 0 Å². The zero-order valence-corrected chi connectivity index (χ0v) is 16.6. The van der Waals surface area contributed by atoms with Gasteiger partial charge in [-0.2, -0.15) is 0 Å². The van der Waals surface area contributed by atoms with E-state index in [1.54, 1.807) is 24.3 Å². The molecular weight excluding hydrogens is 374 g/mol. The number of hydrogen-bond acceptors (Lipinski definition) is 3. The summed E-state index contributed by atoms with van der Waals surface area (Å²) in [5.41, 5.74) is 1.32. The lowest BCUT2D eigenvalue weighted by Crippen LogP contribution is -2.59. The smallest absolute Gasteiger partial charge is 0.225 e. The molecule has 0 bridgehead atoms. The molecule has 0 radical (unpaired) electrons. The highest BCUT2D eigenvalue weighted by molar-refractivity contribution is 6.32. The first-order chi connectivity index (χ1) is 14.6. The van der Waals surface area contributed by atoms with Gasteiger partial charge >= 0.3 is 0 Å². The van der Waals surface area contributed by atoms with Gasteiger partial charge in [0.05, 0.1) is 5.69 Å². The van der Waals surface area contributed by atoms with Crippen molar-refractivity contribution in [2.45, 2.75) is 30.7 Å². The summed E-state index contributed by atoms with van der Waals surface area (Å²) in [5, 5.41) is 0. The maximum absolute atomic E-state index is 13.9. The Morgan fingerprint density at radius 1 is 0.833 bits per heavy atom. The minimum Gasteiger partial charge on any atom is -0.296 e. The number of benzene rings is 3. The molecule has 0 aromatic heterocycles. The molecule has 148 valence electrons. The molecule has 1 aliphatic heterocycles. The first-order valence-corrected chi connectivity index (χ1v) is 10.1. The van der Waals surface area contributed by atoms with Gasteiger partial charge in [-0.15, -0.1) is 0 Å². The molecule has 30 heavy (non-hydrogen) atoms. The third-order valence-electron chi connectivity index (χ3n) is 6.47. The summed E-state index contributed by atoms with van der Waals surface area (Å²) < 4.78 is 0. The van der Waals surface area contributed by atoms with E-state index in [1.165, 1.54) is 11.8 Å². The van der Waals surface area contributed by atoms with Gasteiger partial charge in [0.1, 0.15) is 0 Å². The van der Waals surface area contributed by atoms with Crippen molar-refractivity contribution in [2.75, 3.05) is 4.90 Å². The molecule has 3 aromatic carbocycles. The number of hydrogen-bond donors (Lipinski definition) is 0. The lowest BCUT2D eigenvalue weighted by molar-refractivity contribution is -0.125. The number of carbonyl (C=O) groups is 3. The number of amides is 1. The summed E-state index contributed by atoms with van der Waals surface area (Å²) in [6.07, 6.45) is 0.215. The standard InChI is InChI=1S/C26H21NO3/c1-17(28)27-22-15-9-8-14-20(22)25(30)26(27)23(29)16-21(18-10-4-2-5-11-18)24(26)19-12-6-3-7-13-19/h2-15,21,24H,16H2,1H3/t21-,24-,26-/m1/s1. The summed E-state index contributed by atoms with van der Waals surface area (Å²) in [4.78, 5) is 42.0. The molecule has 1 aliphatic carbocycles. The molecule has 1 amide bonds. The molecule has 1 heterocycles. The second-order valence-electron chi connectivity index (χ2n) is 8.00. The molecule has 2 aliphatic rings. The van der Waals surface area contributed by atoms with Crippen LogP contribution in [0.2, 0.25) is 0 Å². The molecule has 3 atom stereocenters. The highest BCUT2D eigenvalue weighted by atomic mass is 16.2. The maximum atomic E-state index is 13.9. The second-order valence-corrected chi connectivity index (χ2v) is 8.00. The van der Waals surface area contributed by atoms with E-state index < -0.39 is 11.5 Å². The van der Waals surface area contributed by atoms with Crippen LogP contribution in [-0.2, 0) is 9.59 Å². The number of ketones is 2. The zero-order valence-electron chi connectivity index (χ0n) is 16.6. The average Bonchev–Trinajstić information content (AvgIpc) is 3.22. The predicted molar refractivity (Wildman–Crippen MR) is 115 cm³/mol. The summed E-state index contributed by atoms with van der Waals surface area (Å²) in [6, 6.07) is 26.5. The topological polar surface area (TPSA) is 54.5 Å². The van der Waals surface area contributed by atoms with Crippen LogP contribution in [0.25, 0.3) is 0 Å². The zero-order chi connectivity index (χ0) is 20.9. The van der Waals surface area contributed by atoms with E-state index >= 15 is 0 Å². The first kappa shape index (κ1) is 18.5. The summed E-state index contributed by atoms with van der Waals surface area (Å²) in [7, 11) is 0. The second kappa shape index (κ2) is 6.77. The number of anilines is 1. The SMILES string of the molecule is CC(=O)N1c2ccccc2C(=O)[C@]12C(=O)C[C@H](c1ccccc1)[C@H]2c1ccccc1. The van der Waals surface area contributed by atoms with Gasteiger partial charge in [0, 0.05) is 30.7 Å². The van der Waals surface area contributed by atoms with Crippen molar-refractivity contribution in [3.8, 4) is 0 Å². The molecule has 0 saturated heterocycles. The number of rotatable bonds is 2. The van der Waals surface area contributed by atoms with Crippen LogP contribution < -0.4 is 4.90 Å². The third-order valence-corrected chi connectivity index (χ3v) is 6.47. The molecule has 4 nitrogen and oxygen atoms in total. The van der Waals surface area contributed by atoms with E-state index in [-0.39, 0.29) is 29.8 Å². The largest absolute Gasteiger partial charge is 0.296 e. The highest BCUT2D eigenvalue weighted by Gasteiger charge is 2.67. The van der Waals surface area contributed by atoms with Gasteiger partial charge in [0.25, 0.3) is 0 Å². The number of para-hydroxylation sites is 1. The Bertz CT molecular complexity index is 1160. The number of nitrogens with zero attached hydrogens (tertiary/aromatic N) is 1. The monoisotopic (exact) mass is 395 g/mol. The fourth-order valence-corrected chi connectivity index (χ4v) is 5.39. The van der Waals surface area contributed by atoms with E-state index in [1.807, 2.05) is 60.7 Å². The lowest BCUT2D eigenvalue weighted by Gasteiger charge is -2.38. The summed E-state index contributed by atoms with van der Waals surface area (Å²) >= 11 is 0. The third kappa shape index (κ3) is 2.37. The Labute approximate surface area is 175 Å². The Kier molecular flexibility index (Phi) is 4.17. The molecule has 4 heteroatoms. The van der Waals surface area contributed by atoms with Crippen molar-refractivity contribution in [3.05, 3.63) is 102 Å². The van der Waals surface area contributed by atoms with Crippen molar-refractivity contribution in [1.82, 2.24) is 0 Å². The summed E-state index contributed by atoms with van der Waals surface area (Å²) in [5.74, 6) is -1.41. The molecule has 0 N–H and O–H groups in total. The van der Waals surface area contributed by atoms with E-state index in [4.69, 9.17) is 0 Å². The first-order valence-electron chi connectivity index (χ1n) is 10.1. The minimum atomic E-state index is -1.54. The summed E-state index contributed by atoms with van der Waals surface area (Å²) in [6.45, 7) is 1.43. The van der Waals surface area contributed by atoms with Crippen LogP contribution >= 0.6 is 0 Å². The van der Waals surface area contributed by atoms with Gasteiger partial charge in [0.15, 0.2) is 17.1 Å². The van der Waals surface area contributed by atoms with Crippen LogP contribution in [0.5, 0.6) is 0 Å². The van der Waals surface area contributed by atoms with Crippen LogP contribution in [0, 0.1) is 0 Å².